The quantitative estimate of drug-likeness (QED) is 0.909. The molecule has 126 valence electrons. The number of hydrogen-bond donors (Lipinski definition) is 1. The fourth-order valence-electron chi connectivity index (χ4n) is 2.73. The van der Waals surface area contributed by atoms with Crippen molar-refractivity contribution in [3.63, 3.8) is 0 Å². The summed E-state index contributed by atoms with van der Waals surface area (Å²) in [4.78, 5) is 6.86. The summed E-state index contributed by atoms with van der Waals surface area (Å²) in [6, 6.07) is 8.32. The summed E-state index contributed by atoms with van der Waals surface area (Å²) in [6.45, 7) is 7.60. The minimum Gasteiger partial charge on any atom is -0.339 e. The summed E-state index contributed by atoms with van der Waals surface area (Å²) in [5, 5.41) is 8.31. The minimum absolute atomic E-state index is 0. The number of nitrogens with one attached hydrogen (secondary N) is 1. The van der Waals surface area contributed by atoms with Crippen molar-refractivity contribution in [3.05, 3.63) is 46.6 Å². The Labute approximate surface area is 147 Å². The van der Waals surface area contributed by atoms with Gasteiger partial charge < -0.3 is 9.84 Å². The number of benzene rings is 1. The Hall–Kier alpha value is -1.14. The molecule has 1 atom stereocenters. The van der Waals surface area contributed by atoms with Crippen LogP contribution in [0.15, 0.2) is 28.8 Å². The van der Waals surface area contributed by atoms with Gasteiger partial charge in [-0.05, 0) is 17.7 Å². The first-order valence-electron chi connectivity index (χ1n) is 7.66. The Morgan fingerprint density at radius 3 is 2.96 bits per heavy atom. The van der Waals surface area contributed by atoms with Crippen LogP contribution in [0.4, 0.5) is 0 Å². The average molecular weight is 357 g/mol. The summed E-state index contributed by atoms with van der Waals surface area (Å²) in [5.41, 5.74) is 1.22. The van der Waals surface area contributed by atoms with E-state index >= 15 is 0 Å². The van der Waals surface area contributed by atoms with Crippen molar-refractivity contribution >= 4 is 24.0 Å². The van der Waals surface area contributed by atoms with Crippen LogP contribution in [0.2, 0.25) is 5.02 Å². The zero-order valence-corrected chi connectivity index (χ0v) is 14.9. The van der Waals surface area contributed by atoms with Crippen LogP contribution in [-0.2, 0) is 6.54 Å². The molecule has 3 rings (SSSR count). The highest BCUT2D eigenvalue weighted by atomic mass is 35.5. The molecule has 1 aromatic heterocycles. The molecule has 0 aliphatic carbocycles. The van der Waals surface area contributed by atoms with Gasteiger partial charge in [-0.15, -0.1) is 12.4 Å². The lowest BCUT2D eigenvalue weighted by Gasteiger charge is -2.35. The van der Waals surface area contributed by atoms with Crippen molar-refractivity contribution in [1.82, 2.24) is 20.4 Å². The van der Waals surface area contributed by atoms with E-state index in [4.69, 9.17) is 16.1 Å². The Kier molecular flexibility index (Phi) is 6.41. The molecule has 2 aromatic rings. The van der Waals surface area contributed by atoms with Gasteiger partial charge in [0.1, 0.15) is 0 Å². The van der Waals surface area contributed by atoms with Gasteiger partial charge >= 0.3 is 0 Å². The second kappa shape index (κ2) is 8.11. The van der Waals surface area contributed by atoms with Crippen molar-refractivity contribution in [2.75, 3.05) is 19.6 Å². The van der Waals surface area contributed by atoms with Crippen LogP contribution < -0.4 is 5.32 Å². The highest BCUT2D eigenvalue weighted by molar-refractivity contribution is 6.30. The van der Waals surface area contributed by atoms with Crippen molar-refractivity contribution < 1.29 is 4.52 Å². The van der Waals surface area contributed by atoms with E-state index in [0.29, 0.717) is 12.4 Å². The number of rotatable bonds is 4. The van der Waals surface area contributed by atoms with E-state index in [1.54, 1.807) is 0 Å². The van der Waals surface area contributed by atoms with E-state index in [0.717, 1.165) is 30.5 Å². The van der Waals surface area contributed by atoms with Crippen molar-refractivity contribution in [3.8, 4) is 0 Å². The predicted octanol–water partition coefficient (Wildman–Crippen LogP) is 3.41. The lowest BCUT2D eigenvalue weighted by molar-refractivity contribution is 0.148. The lowest BCUT2D eigenvalue weighted by Crippen LogP contribution is -2.45. The Morgan fingerprint density at radius 1 is 1.43 bits per heavy atom. The molecule has 1 aliphatic heterocycles. The van der Waals surface area contributed by atoms with Gasteiger partial charge in [-0.1, -0.05) is 42.7 Å². The average Bonchev–Trinajstić information content (AvgIpc) is 2.97. The molecule has 1 aliphatic rings. The lowest BCUT2D eigenvalue weighted by atomic mass is 10.0. The van der Waals surface area contributed by atoms with E-state index in [9.17, 15) is 0 Å². The van der Waals surface area contributed by atoms with E-state index < -0.39 is 0 Å². The van der Waals surface area contributed by atoms with Crippen LogP contribution in [0.5, 0.6) is 0 Å². The number of nitrogens with zero attached hydrogens (tertiary/aromatic N) is 3. The van der Waals surface area contributed by atoms with Gasteiger partial charge in [0, 0.05) is 36.6 Å². The van der Waals surface area contributed by atoms with Gasteiger partial charge in [0.2, 0.25) is 5.89 Å². The molecular formula is C16H22Cl2N4O. The van der Waals surface area contributed by atoms with Gasteiger partial charge in [-0.3, -0.25) is 4.90 Å². The molecule has 1 unspecified atom stereocenters. The maximum absolute atomic E-state index is 6.13. The topological polar surface area (TPSA) is 54.2 Å². The highest BCUT2D eigenvalue weighted by Crippen LogP contribution is 2.26. The molecular weight excluding hydrogens is 335 g/mol. The Morgan fingerprint density at radius 2 is 2.26 bits per heavy atom. The smallest absolute Gasteiger partial charge is 0.229 e. The molecule has 5 nitrogen and oxygen atoms in total. The van der Waals surface area contributed by atoms with Crippen LogP contribution in [0.3, 0.4) is 0 Å². The molecule has 23 heavy (non-hydrogen) atoms. The molecule has 1 aromatic carbocycles. The number of piperazine rings is 1. The molecule has 1 saturated heterocycles. The second-order valence-electron chi connectivity index (χ2n) is 5.95. The van der Waals surface area contributed by atoms with Crippen LogP contribution in [0.1, 0.15) is 43.1 Å². The van der Waals surface area contributed by atoms with E-state index in [2.05, 4.69) is 40.3 Å². The van der Waals surface area contributed by atoms with Crippen LogP contribution in [0, 0.1) is 0 Å². The third-order valence-corrected chi connectivity index (χ3v) is 4.15. The predicted molar refractivity (Wildman–Crippen MR) is 93.1 cm³/mol. The standard InChI is InChI=1S/C16H21ClN4O.ClH/c1-11(2)16-19-15(20-22-16)10-21-7-6-18-9-14(21)12-4-3-5-13(17)8-12;/h3-5,8,11,14,18H,6-7,9-10H2,1-2H3;1H. The molecule has 0 amide bonds. The van der Waals surface area contributed by atoms with Crippen molar-refractivity contribution in [1.29, 1.82) is 0 Å². The maximum atomic E-state index is 6.13. The van der Waals surface area contributed by atoms with Gasteiger partial charge in [0.05, 0.1) is 6.54 Å². The zero-order chi connectivity index (χ0) is 15.5. The third kappa shape index (κ3) is 4.44. The maximum Gasteiger partial charge on any atom is 0.229 e. The summed E-state index contributed by atoms with van der Waals surface area (Å²) in [5.74, 6) is 1.70. The SMILES string of the molecule is CC(C)c1nc(CN2CCNCC2c2cccc(Cl)c2)no1.Cl. The van der Waals surface area contributed by atoms with E-state index in [1.807, 2.05) is 18.2 Å². The fourth-order valence-corrected chi connectivity index (χ4v) is 2.92. The van der Waals surface area contributed by atoms with Gasteiger partial charge in [-0.25, -0.2) is 0 Å². The molecule has 0 bridgehead atoms. The monoisotopic (exact) mass is 356 g/mol. The molecule has 1 N–H and O–H groups in total. The largest absolute Gasteiger partial charge is 0.339 e. The molecule has 0 radical (unpaired) electrons. The van der Waals surface area contributed by atoms with Crippen molar-refractivity contribution in [2.24, 2.45) is 0 Å². The van der Waals surface area contributed by atoms with Crippen LogP contribution in [0.25, 0.3) is 0 Å². The molecule has 0 saturated carbocycles. The number of hydrogen-bond acceptors (Lipinski definition) is 5. The Balaban J connectivity index is 0.00000192. The summed E-state index contributed by atoms with van der Waals surface area (Å²) in [6.07, 6.45) is 0. The van der Waals surface area contributed by atoms with E-state index in [1.165, 1.54) is 5.56 Å². The normalized spacial score (nSPS) is 18.9. The van der Waals surface area contributed by atoms with Gasteiger partial charge in [0.15, 0.2) is 5.82 Å². The molecule has 2 heterocycles. The van der Waals surface area contributed by atoms with Crippen LogP contribution in [-0.4, -0.2) is 34.7 Å². The number of aromatic nitrogens is 2. The summed E-state index contributed by atoms with van der Waals surface area (Å²) < 4.78 is 5.30. The highest BCUT2D eigenvalue weighted by Gasteiger charge is 2.25. The second-order valence-corrected chi connectivity index (χ2v) is 6.39. The minimum atomic E-state index is 0. The summed E-state index contributed by atoms with van der Waals surface area (Å²) >= 11 is 6.13. The van der Waals surface area contributed by atoms with Gasteiger partial charge in [0.25, 0.3) is 0 Å². The zero-order valence-electron chi connectivity index (χ0n) is 13.3. The summed E-state index contributed by atoms with van der Waals surface area (Å²) in [7, 11) is 0. The van der Waals surface area contributed by atoms with Gasteiger partial charge in [-0.2, -0.15) is 4.98 Å². The molecule has 1 fully saturated rings. The first kappa shape index (κ1) is 18.2. The Bertz CT molecular complexity index is 632. The fraction of sp³-hybridized carbons (Fsp3) is 0.500. The molecule has 0 spiro atoms. The van der Waals surface area contributed by atoms with Crippen LogP contribution >= 0.6 is 24.0 Å². The molecule has 7 heteroatoms. The third-order valence-electron chi connectivity index (χ3n) is 3.91. The van der Waals surface area contributed by atoms with E-state index in [-0.39, 0.29) is 24.4 Å². The first-order chi connectivity index (χ1) is 10.6. The number of halogens is 2. The first-order valence-corrected chi connectivity index (χ1v) is 8.04. The van der Waals surface area contributed by atoms with Crippen molar-refractivity contribution in [2.45, 2.75) is 32.4 Å².